The monoisotopic (exact) mass is 519 g/mol. The molecule has 0 radical (unpaired) electrons. The van der Waals surface area contributed by atoms with Crippen molar-refractivity contribution < 1.29 is 19.4 Å². The van der Waals surface area contributed by atoms with Gasteiger partial charge in [-0.2, -0.15) is 0 Å². The van der Waals surface area contributed by atoms with E-state index >= 15 is 0 Å². The molecule has 0 saturated heterocycles. The van der Waals surface area contributed by atoms with Crippen LogP contribution in [0.2, 0.25) is 0 Å². The molecule has 5 nitrogen and oxygen atoms in total. The van der Waals surface area contributed by atoms with Crippen molar-refractivity contribution in [1.29, 1.82) is 0 Å². The summed E-state index contributed by atoms with van der Waals surface area (Å²) in [6.45, 7) is 2.46. The van der Waals surface area contributed by atoms with Crippen LogP contribution in [0.1, 0.15) is 51.0 Å². The average molecular weight is 520 g/mol. The molecule has 0 fully saturated rings. The molecule has 1 aliphatic heterocycles. The molecule has 0 aromatic heterocycles. The number of aryl methyl sites for hydroxylation is 1. The number of methoxy groups -OCH3 is 1. The molecule has 5 rings (SSSR count). The number of benzene rings is 3. The summed E-state index contributed by atoms with van der Waals surface area (Å²) in [6.07, 6.45) is 5.20. The Morgan fingerprint density at radius 1 is 1.18 bits per heavy atom. The van der Waals surface area contributed by atoms with Crippen LogP contribution >= 0.6 is 15.9 Å². The maximum atomic E-state index is 12.0. The lowest BCUT2D eigenvalue weighted by atomic mass is 9.74. The smallest absolute Gasteiger partial charge is 0.336 e. The normalized spacial score (nSPS) is 20.3. The molecule has 0 amide bonds. The van der Waals surface area contributed by atoms with Gasteiger partial charge in [0, 0.05) is 11.6 Å². The van der Waals surface area contributed by atoms with Crippen LogP contribution in [-0.4, -0.2) is 18.2 Å². The maximum Gasteiger partial charge on any atom is 0.336 e. The molecule has 2 aliphatic rings. The van der Waals surface area contributed by atoms with E-state index in [1.807, 2.05) is 49.4 Å². The number of carbonyl (C=O) groups is 1. The first-order valence-corrected chi connectivity index (χ1v) is 12.1. The van der Waals surface area contributed by atoms with Crippen molar-refractivity contribution in [2.45, 2.75) is 31.9 Å². The maximum absolute atomic E-state index is 12.0. The molecule has 2 N–H and O–H groups in total. The third kappa shape index (κ3) is 3.96. The Labute approximate surface area is 207 Å². The van der Waals surface area contributed by atoms with Gasteiger partial charge in [-0.3, -0.25) is 0 Å². The van der Waals surface area contributed by atoms with Gasteiger partial charge in [-0.15, -0.1) is 0 Å². The quantitative estimate of drug-likeness (QED) is 0.347. The Kier molecular flexibility index (Phi) is 6.09. The van der Waals surface area contributed by atoms with Crippen LogP contribution in [-0.2, 0) is 6.61 Å². The van der Waals surface area contributed by atoms with E-state index in [9.17, 15) is 9.90 Å². The molecule has 174 valence electrons. The third-order valence-corrected chi connectivity index (χ3v) is 7.38. The van der Waals surface area contributed by atoms with Crippen LogP contribution < -0.4 is 14.8 Å². The zero-order chi connectivity index (χ0) is 23.8. The van der Waals surface area contributed by atoms with E-state index in [1.165, 1.54) is 0 Å². The number of hydrogen-bond acceptors (Lipinski definition) is 4. The number of rotatable bonds is 6. The molecule has 0 unspecified atom stereocenters. The number of carboxylic acid groups (broad SMARTS) is 1. The minimum absolute atomic E-state index is 0.00335. The van der Waals surface area contributed by atoms with Gasteiger partial charge in [-0.25, -0.2) is 4.79 Å². The van der Waals surface area contributed by atoms with E-state index in [2.05, 4.69) is 39.5 Å². The lowest BCUT2D eigenvalue weighted by molar-refractivity contribution is 0.0695. The first kappa shape index (κ1) is 22.5. The first-order valence-electron chi connectivity index (χ1n) is 11.3. The van der Waals surface area contributed by atoms with Crippen LogP contribution in [0.15, 0.2) is 71.2 Å². The van der Waals surface area contributed by atoms with E-state index in [1.54, 1.807) is 13.2 Å². The van der Waals surface area contributed by atoms with Gasteiger partial charge in [0.2, 0.25) is 0 Å². The largest absolute Gasteiger partial charge is 0.493 e. The van der Waals surface area contributed by atoms with E-state index in [4.69, 9.17) is 9.47 Å². The van der Waals surface area contributed by atoms with Crippen molar-refractivity contribution in [2.75, 3.05) is 12.4 Å². The van der Waals surface area contributed by atoms with E-state index < -0.39 is 5.97 Å². The second kappa shape index (κ2) is 9.18. The molecule has 3 aromatic rings. The predicted octanol–water partition coefficient (Wildman–Crippen LogP) is 6.87. The van der Waals surface area contributed by atoms with Crippen molar-refractivity contribution in [3.05, 3.63) is 99.0 Å². The van der Waals surface area contributed by atoms with Gasteiger partial charge in [-0.1, -0.05) is 48.6 Å². The molecule has 3 aromatic carbocycles. The topological polar surface area (TPSA) is 67.8 Å². The van der Waals surface area contributed by atoms with Crippen molar-refractivity contribution in [1.82, 2.24) is 0 Å². The number of ether oxygens (including phenoxy) is 2. The van der Waals surface area contributed by atoms with Crippen LogP contribution in [0.25, 0.3) is 0 Å². The minimum Gasteiger partial charge on any atom is -0.493 e. The Bertz CT molecular complexity index is 1270. The Morgan fingerprint density at radius 2 is 1.97 bits per heavy atom. The van der Waals surface area contributed by atoms with E-state index in [0.29, 0.717) is 23.7 Å². The van der Waals surface area contributed by atoms with E-state index in [0.717, 1.165) is 38.8 Å². The molecule has 0 bridgehead atoms. The van der Waals surface area contributed by atoms with Gasteiger partial charge in [0.1, 0.15) is 6.61 Å². The summed E-state index contributed by atoms with van der Waals surface area (Å²) in [5, 5.41) is 13.5. The fraction of sp³-hybridized carbons (Fsp3) is 0.250. The Hall–Kier alpha value is -3.25. The van der Waals surface area contributed by atoms with Crippen molar-refractivity contribution in [3.8, 4) is 11.5 Å². The predicted molar refractivity (Wildman–Crippen MR) is 136 cm³/mol. The fourth-order valence-electron chi connectivity index (χ4n) is 5.16. The van der Waals surface area contributed by atoms with Gasteiger partial charge in [-0.05, 0) is 75.6 Å². The summed E-state index contributed by atoms with van der Waals surface area (Å²) in [5.41, 5.74) is 5.36. The zero-order valence-electron chi connectivity index (χ0n) is 19.0. The number of nitrogens with one attached hydrogen (secondary N) is 1. The number of anilines is 1. The van der Waals surface area contributed by atoms with Gasteiger partial charge in [0.15, 0.2) is 11.5 Å². The van der Waals surface area contributed by atoms with Gasteiger partial charge in [0.05, 0.1) is 23.2 Å². The molecule has 0 saturated carbocycles. The lowest BCUT2D eigenvalue weighted by Crippen LogP contribution is -2.31. The van der Waals surface area contributed by atoms with Crippen LogP contribution in [0.5, 0.6) is 11.5 Å². The number of aromatic carboxylic acids is 1. The van der Waals surface area contributed by atoms with Crippen molar-refractivity contribution >= 4 is 27.6 Å². The van der Waals surface area contributed by atoms with E-state index in [-0.39, 0.29) is 17.9 Å². The molecule has 0 spiro atoms. The average Bonchev–Trinajstić information content (AvgIpc) is 3.33. The molecular formula is C28H26BrNO4. The molecule has 6 heteroatoms. The second-order valence-electron chi connectivity index (χ2n) is 8.81. The third-order valence-electron chi connectivity index (χ3n) is 6.80. The summed E-state index contributed by atoms with van der Waals surface area (Å²) in [7, 11) is 1.65. The SMILES string of the molecule is COc1cc([C@@H]2Nc3c(C)ccc(C(=O)O)c3[C@@H]3C=CC[C@@H]32)cc(Br)c1OCc1ccccc1. The number of halogens is 1. The van der Waals surface area contributed by atoms with Crippen molar-refractivity contribution in [3.63, 3.8) is 0 Å². The first-order chi connectivity index (χ1) is 16.5. The number of hydrogen-bond donors (Lipinski definition) is 2. The van der Waals surface area contributed by atoms with Crippen molar-refractivity contribution in [2.24, 2.45) is 5.92 Å². The van der Waals surface area contributed by atoms with Gasteiger partial charge in [0.25, 0.3) is 0 Å². The summed E-state index contributed by atoms with van der Waals surface area (Å²) in [4.78, 5) is 12.0. The summed E-state index contributed by atoms with van der Waals surface area (Å²) < 4.78 is 12.7. The lowest BCUT2D eigenvalue weighted by Gasteiger charge is -2.39. The summed E-state index contributed by atoms with van der Waals surface area (Å²) >= 11 is 3.70. The van der Waals surface area contributed by atoms with Crippen LogP contribution in [0.3, 0.4) is 0 Å². The van der Waals surface area contributed by atoms with Gasteiger partial charge >= 0.3 is 5.97 Å². The highest BCUT2D eigenvalue weighted by Gasteiger charge is 2.41. The second-order valence-corrected chi connectivity index (χ2v) is 9.66. The Morgan fingerprint density at radius 3 is 2.71 bits per heavy atom. The summed E-state index contributed by atoms with van der Waals surface area (Å²) in [5.74, 6) is 0.689. The molecule has 1 heterocycles. The van der Waals surface area contributed by atoms with Gasteiger partial charge < -0.3 is 19.9 Å². The highest BCUT2D eigenvalue weighted by atomic mass is 79.9. The number of carboxylic acids is 1. The fourth-order valence-corrected chi connectivity index (χ4v) is 5.73. The minimum atomic E-state index is -0.889. The number of fused-ring (bicyclic) bond motifs is 3. The molecule has 1 aliphatic carbocycles. The molecule has 34 heavy (non-hydrogen) atoms. The van der Waals surface area contributed by atoms with Crippen LogP contribution in [0, 0.1) is 12.8 Å². The zero-order valence-corrected chi connectivity index (χ0v) is 20.6. The van der Waals surface area contributed by atoms with Crippen LogP contribution in [0.4, 0.5) is 5.69 Å². The highest BCUT2D eigenvalue weighted by molar-refractivity contribution is 9.10. The number of allylic oxidation sites excluding steroid dienone is 2. The summed E-state index contributed by atoms with van der Waals surface area (Å²) in [6, 6.07) is 17.7. The Balaban J connectivity index is 1.51. The molecule has 3 atom stereocenters. The molecular weight excluding hydrogens is 494 g/mol. The standard InChI is InChI=1S/C28H26BrNO4/c1-16-11-12-21(28(31)32)24-19-9-6-10-20(19)26(30-25(16)24)18-13-22(29)27(23(14-18)33-2)34-15-17-7-4-3-5-8-17/h3-9,11-14,19-20,26,30H,10,15H2,1-2H3,(H,31,32)/t19-,20+,26+/m1/s1. The highest BCUT2D eigenvalue weighted by Crippen LogP contribution is 2.53.